The summed E-state index contributed by atoms with van der Waals surface area (Å²) in [5, 5.41) is 5.22. The third kappa shape index (κ3) is 4.96. The van der Waals surface area contributed by atoms with Crippen LogP contribution < -0.4 is 5.32 Å². The molecule has 1 atom stereocenters. The summed E-state index contributed by atoms with van der Waals surface area (Å²) < 4.78 is 22.7. The monoisotopic (exact) mass is 348 g/mol. The number of rotatable bonds is 6. The van der Waals surface area contributed by atoms with Crippen molar-refractivity contribution >= 4 is 26.6 Å². The van der Waals surface area contributed by atoms with Gasteiger partial charge in [-0.2, -0.15) is 0 Å². The second kappa shape index (κ2) is 7.66. The van der Waals surface area contributed by atoms with Crippen LogP contribution >= 0.6 is 0 Å². The van der Waals surface area contributed by atoms with E-state index in [-0.39, 0.29) is 17.8 Å². The third-order valence-electron chi connectivity index (χ3n) is 4.08. The summed E-state index contributed by atoms with van der Waals surface area (Å²) in [7, 11) is -1.50. The lowest BCUT2D eigenvalue weighted by Gasteiger charge is -2.24. The molecule has 0 saturated carbocycles. The Bertz CT molecular complexity index is 813. The van der Waals surface area contributed by atoms with Crippen LogP contribution in [-0.2, 0) is 16.3 Å². The maximum Gasteiger partial charge on any atom is 0.317 e. The number of hydrogen-bond acceptors (Lipinski definition) is 3. The molecule has 0 saturated heterocycles. The summed E-state index contributed by atoms with van der Waals surface area (Å²) in [6.07, 6.45) is 1.90. The van der Waals surface area contributed by atoms with Gasteiger partial charge in [-0.25, -0.2) is 13.2 Å². The Morgan fingerprint density at radius 2 is 1.83 bits per heavy atom. The maximum atomic E-state index is 12.1. The Balaban J connectivity index is 1.92. The Labute approximate surface area is 143 Å². The fourth-order valence-electron chi connectivity index (χ4n) is 2.69. The van der Waals surface area contributed by atoms with Gasteiger partial charge < -0.3 is 10.2 Å². The van der Waals surface area contributed by atoms with Crippen LogP contribution in [0.1, 0.15) is 12.5 Å². The SMILES string of the molecule is CC(CS(C)(=O)=O)N(C)C(=O)NCCc1cccc2ccccc12. The molecule has 0 heterocycles. The van der Waals surface area contributed by atoms with Crippen molar-refractivity contribution in [3.63, 3.8) is 0 Å². The standard InChI is InChI=1S/C18H24N2O3S/c1-14(13-24(3,22)23)20(2)18(21)19-12-11-16-9-6-8-15-7-4-5-10-17(15)16/h4-10,14H,11-13H2,1-3H3,(H,19,21). The number of carbonyl (C=O) groups excluding carboxylic acids is 1. The topological polar surface area (TPSA) is 66.5 Å². The van der Waals surface area contributed by atoms with Crippen molar-refractivity contribution in [3.05, 3.63) is 48.0 Å². The molecule has 1 unspecified atom stereocenters. The summed E-state index contributed by atoms with van der Waals surface area (Å²) in [6.45, 7) is 2.23. The van der Waals surface area contributed by atoms with E-state index in [2.05, 4.69) is 29.6 Å². The summed E-state index contributed by atoms with van der Waals surface area (Å²) in [5.74, 6) is -0.0414. The lowest BCUT2D eigenvalue weighted by Crippen LogP contribution is -2.45. The van der Waals surface area contributed by atoms with Crippen LogP contribution in [0.15, 0.2) is 42.5 Å². The number of fused-ring (bicyclic) bond motifs is 1. The van der Waals surface area contributed by atoms with Crippen molar-refractivity contribution < 1.29 is 13.2 Å². The molecule has 0 radical (unpaired) electrons. The fourth-order valence-corrected chi connectivity index (χ4v) is 3.79. The van der Waals surface area contributed by atoms with Crippen LogP contribution in [0.5, 0.6) is 0 Å². The molecule has 2 aromatic rings. The zero-order chi connectivity index (χ0) is 17.7. The van der Waals surface area contributed by atoms with Crippen molar-refractivity contribution in [2.45, 2.75) is 19.4 Å². The molecule has 6 heteroatoms. The first-order valence-electron chi connectivity index (χ1n) is 7.93. The second-order valence-corrected chi connectivity index (χ2v) is 8.36. The molecular formula is C18H24N2O3S. The van der Waals surface area contributed by atoms with Gasteiger partial charge in [-0.3, -0.25) is 0 Å². The minimum atomic E-state index is -3.11. The van der Waals surface area contributed by atoms with Crippen molar-refractivity contribution in [2.24, 2.45) is 0 Å². The van der Waals surface area contributed by atoms with Crippen molar-refractivity contribution in [2.75, 3.05) is 25.6 Å². The highest BCUT2D eigenvalue weighted by Crippen LogP contribution is 2.18. The Kier molecular flexibility index (Phi) is 5.83. The normalized spacial score (nSPS) is 12.8. The van der Waals surface area contributed by atoms with Gasteiger partial charge in [0.25, 0.3) is 0 Å². The van der Waals surface area contributed by atoms with Crippen molar-refractivity contribution in [1.82, 2.24) is 10.2 Å². The summed E-state index contributed by atoms with van der Waals surface area (Å²) in [5.41, 5.74) is 1.18. The van der Waals surface area contributed by atoms with Crippen LogP contribution in [0.3, 0.4) is 0 Å². The molecule has 0 aromatic heterocycles. The van der Waals surface area contributed by atoms with E-state index < -0.39 is 9.84 Å². The molecule has 1 N–H and O–H groups in total. The van der Waals surface area contributed by atoms with Gasteiger partial charge in [-0.05, 0) is 29.7 Å². The van der Waals surface area contributed by atoms with E-state index in [9.17, 15) is 13.2 Å². The van der Waals surface area contributed by atoms with E-state index in [0.717, 1.165) is 6.42 Å². The molecule has 130 valence electrons. The largest absolute Gasteiger partial charge is 0.338 e. The minimum absolute atomic E-state index is 0.0414. The van der Waals surface area contributed by atoms with Gasteiger partial charge in [-0.1, -0.05) is 42.5 Å². The van der Waals surface area contributed by atoms with E-state index in [1.54, 1.807) is 14.0 Å². The highest BCUT2D eigenvalue weighted by molar-refractivity contribution is 7.90. The van der Waals surface area contributed by atoms with E-state index in [1.807, 2.05) is 18.2 Å². The maximum absolute atomic E-state index is 12.1. The lowest BCUT2D eigenvalue weighted by molar-refractivity contribution is 0.198. The third-order valence-corrected chi connectivity index (χ3v) is 5.16. The van der Waals surface area contributed by atoms with Crippen LogP contribution in [0.25, 0.3) is 10.8 Å². The number of amides is 2. The molecule has 24 heavy (non-hydrogen) atoms. The van der Waals surface area contributed by atoms with Gasteiger partial charge in [-0.15, -0.1) is 0 Å². The molecule has 0 aliphatic heterocycles. The Hall–Kier alpha value is -2.08. The smallest absolute Gasteiger partial charge is 0.317 e. The summed E-state index contributed by atoms with van der Waals surface area (Å²) in [6, 6.07) is 13.7. The quantitative estimate of drug-likeness (QED) is 0.872. The zero-order valence-corrected chi connectivity index (χ0v) is 15.1. The van der Waals surface area contributed by atoms with E-state index in [4.69, 9.17) is 0 Å². The van der Waals surface area contributed by atoms with E-state index in [0.29, 0.717) is 6.54 Å². The Morgan fingerprint density at radius 1 is 1.17 bits per heavy atom. The van der Waals surface area contributed by atoms with E-state index in [1.165, 1.54) is 27.5 Å². The number of carbonyl (C=O) groups is 1. The first-order valence-corrected chi connectivity index (χ1v) is 9.99. The number of urea groups is 1. The molecule has 2 rings (SSSR count). The lowest BCUT2D eigenvalue weighted by atomic mass is 10.0. The fraction of sp³-hybridized carbons (Fsp3) is 0.389. The molecule has 0 bridgehead atoms. The highest BCUT2D eigenvalue weighted by atomic mass is 32.2. The average Bonchev–Trinajstić information content (AvgIpc) is 2.52. The zero-order valence-electron chi connectivity index (χ0n) is 14.3. The van der Waals surface area contributed by atoms with Gasteiger partial charge in [0.05, 0.1) is 5.75 Å². The summed E-state index contributed by atoms with van der Waals surface area (Å²) >= 11 is 0. The second-order valence-electron chi connectivity index (χ2n) is 6.17. The molecule has 0 fully saturated rings. The predicted molar refractivity (Wildman–Crippen MR) is 98.0 cm³/mol. The number of benzene rings is 2. The minimum Gasteiger partial charge on any atom is -0.338 e. The number of nitrogens with zero attached hydrogens (tertiary/aromatic N) is 1. The number of nitrogens with one attached hydrogen (secondary N) is 1. The molecule has 2 aromatic carbocycles. The van der Waals surface area contributed by atoms with Crippen LogP contribution in [0, 0.1) is 0 Å². The number of hydrogen-bond donors (Lipinski definition) is 1. The Morgan fingerprint density at radius 3 is 2.54 bits per heavy atom. The molecule has 0 spiro atoms. The van der Waals surface area contributed by atoms with Crippen LogP contribution in [0.4, 0.5) is 4.79 Å². The van der Waals surface area contributed by atoms with E-state index >= 15 is 0 Å². The number of sulfone groups is 1. The van der Waals surface area contributed by atoms with Crippen LogP contribution in [-0.4, -0.2) is 51.0 Å². The molecule has 0 aliphatic carbocycles. The van der Waals surface area contributed by atoms with Gasteiger partial charge in [0, 0.05) is 25.9 Å². The van der Waals surface area contributed by atoms with Gasteiger partial charge in [0.2, 0.25) is 0 Å². The summed E-state index contributed by atoms with van der Waals surface area (Å²) in [4.78, 5) is 13.6. The molecule has 0 aliphatic rings. The molecular weight excluding hydrogens is 324 g/mol. The first kappa shape index (κ1) is 18.3. The first-order chi connectivity index (χ1) is 11.3. The van der Waals surface area contributed by atoms with Crippen molar-refractivity contribution in [3.8, 4) is 0 Å². The molecule has 5 nitrogen and oxygen atoms in total. The van der Waals surface area contributed by atoms with Crippen LogP contribution in [0.2, 0.25) is 0 Å². The van der Waals surface area contributed by atoms with Gasteiger partial charge in [0.1, 0.15) is 9.84 Å². The molecule has 2 amide bonds. The average molecular weight is 348 g/mol. The van der Waals surface area contributed by atoms with Gasteiger partial charge >= 0.3 is 6.03 Å². The highest BCUT2D eigenvalue weighted by Gasteiger charge is 2.19. The van der Waals surface area contributed by atoms with Crippen molar-refractivity contribution in [1.29, 1.82) is 0 Å². The predicted octanol–water partition coefficient (Wildman–Crippen LogP) is 2.46. The van der Waals surface area contributed by atoms with Gasteiger partial charge in [0.15, 0.2) is 0 Å².